The summed E-state index contributed by atoms with van der Waals surface area (Å²) in [6.45, 7) is 12.9. The highest BCUT2D eigenvalue weighted by molar-refractivity contribution is 6.35. The molecule has 236 valence electrons. The van der Waals surface area contributed by atoms with Gasteiger partial charge in [-0.05, 0) is 71.2 Å². The summed E-state index contributed by atoms with van der Waals surface area (Å²) in [6, 6.07) is 20.2. The summed E-state index contributed by atoms with van der Waals surface area (Å²) in [4.78, 5) is 11.7. The fraction of sp³-hybridized carbons (Fsp3) is 0.361. The van der Waals surface area contributed by atoms with Gasteiger partial charge in [0.1, 0.15) is 11.8 Å². The molecule has 1 aliphatic rings. The summed E-state index contributed by atoms with van der Waals surface area (Å²) in [5.41, 5.74) is 6.48. The van der Waals surface area contributed by atoms with Gasteiger partial charge in [0, 0.05) is 59.4 Å². The van der Waals surface area contributed by atoms with Crippen LogP contribution in [0, 0.1) is 18.3 Å². The minimum absolute atomic E-state index is 0.0506. The van der Waals surface area contributed by atoms with Crippen molar-refractivity contribution in [2.75, 3.05) is 23.7 Å². The average molecular weight is 634 g/mol. The topological polar surface area (TPSA) is 108 Å². The summed E-state index contributed by atoms with van der Waals surface area (Å²) in [5, 5.41) is 27.8. The minimum atomic E-state index is -0.336. The first kappa shape index (κ1) is 31.5. The molecule has 2 aromatic carbocycles. The molecule has 0 bridgehead atoms. The normalized spacial score (nSPS) is 15.8. The van der Waals surface area contributed by atoms with E-state index in [9.17, 15) is 5.26 Å². The van der Waals surface area contributed by atoms with Crippen LogP contribution in [0.4, 0.5) is 11.4 Å². The van der Waals surface area contributed by atoms with Gasteiger partial charge in [0.2, 0.25) is 0 Å². The van der Waals surface area contributed by atoms with Crippen molar-refractivity contribution in [2.45, 2.75) is 71.1 Å². The van der Waals surface area contributed by atoms with Gasteiger partial charge < -0.3 is 10.6 Å². The molecule has 3 aromatic heterocycles. The number of pyridine rings is 2. The van der Waals surface area contributed by atoms with E-state index in [-0.39, 0.29) is 17.6 Å². The highest BCUT2D eigenvalue weighted by Crippen LogP contribution is 2.37. The number of hydrogen-bond donors (Lipinski definition) is 2. The number of halogens is 1. The number of fused-ring (bicyclic) bond motifs is 1. The van der Waals surface area contributed by atoms with E-state index in [0.717, 1.165) is 59.5 Å². The Morgan fingerprint density at radius 3 is 2.48 bits per heavy atom. The van der Waals surface area contributed by atoms with Crippen molar-refractivity contribution in [2.24, 2.45) is 0 Å². The van der Waals surface area contributed by atoms with Crippen LogP contribution < -0.4 is 10.6 Å². The lowest BCUT2D eigenvalue weighted by molar-refractivity contribution is 0.0866. The van der Waals surface area contributed by atoms with Crippen LogP contribution in [0.2, 0.25) is 5.02 Å². The number of piperidine rings is 1. The molecule has 0 radical (unpaired) electrons. The standard InChI is InChI=1S/C36H40ClN9/c1-23(25-10-7-6-8-11-25)41-33-26(20-38)21-40-34-30(33)18-27(19-31(34)37)42-35(29-12-9-15-39-24(29)2)32-22-46(44-43-32)28-13-16-45(17-14-28)36(3,4)5/h6-12,15,18-19,21-23,28,35,42H,13-14,16-17H2,1-5H3,(H,40,41)/t23-,35+/m1/s1. The summed E-state index contributed by atoms with van der Waals surface area (Å²) in [6.07, 6.45) is 7.48. The number of likely N-dealkylation sites (tertiary alicyclic amines) is 1. The van der Waals surface area contributed by atoms with Crippen LogP contribution in [0.15, 0.2) is 73.2 Å². The third kappa shape index (κ3) is 6.55. The number of hydrogen-bond acceptors (Lipinski definition) is 8. The van der Waals surface area contributed by atoms with Crippen molar-refractivity contribution in [1.29, 1.82) is 5.26 Å². The summed E-state index contributed by atoms with van der Waals surface area (Å²) >= 11 is 6.88. The molecule has 1 saturated heterocycles. The molecule has 0 spiro atoms. The first-order valence-electron chi connectivity index (χ1n) is 15.8. The van der Waals surface area contributed by atoms with Gasteiger partial charge in [0.25, 0.3) is 0 Å². The molecule has 5 aromatic rings. The third-order valence-electron chi connectivity index (χ3n) is 8.99. The van der Waals surface area contributed by atoms with E-state index in [0.29, 0.717) is 27.8 Å². The summed E-state index contributed by atoms with van der Waals surface area (Å²) < 4.78 is 2.03. The predicted molar refractivity (Wildman–Crippen MR) is 184 cm³/mol. The number of nitriles is 1. The lowest BCUT2D eigenvalue weighted by Crippen LogP contribution is -2.46. The highest BCUT2D eigenvalue weighted by atomic mass is 35.5. The van der Waals surface area contributed by atoms with Crippen molar-refractivity contribution in [1.82, 2.24) is 29.9 Å². The van der Waals surface area contributed by atoms with Crippen LogP contribution in [-0.2, 0) is 0 Å². The quantitative estimate of drug-likeness (QED) is 0.178. The maximum absolute atomic E-state index is 10.0. The molecular weight excluding hydrogens is 594 g/mol. The molecule has 0 aliphatic carbocycles. The zero-order valence-corrected chi connectivity index (χ0v) is 27.8. The van der Waals surface area contributed by atoms with Crippen molar-refractivity contribution in [3.63, 3.8) is 0 Å². The predicted octanol–water partition coefficient (Wildman–Crippen LogP) is 7.86. The fourth-order valence-corrected chi connectivity index (χ4v) is 6.57. The Morgan fingerprint density at radius 2 is 1.78 bits per heavy atom. The maximum Gasteiger partial charge on any atom is 0.110 e. The van der Waals surface area contributed by atoms with Gasteiger partial charge in [-0.15, -0.1) is 5.10 Å². The lowest BCUT2D eigenvalue weighted by Gasteiger charge is -2.40. The molecular formula is C36H40ClN9. The van der Waals surface area contributed by atoms with E-state index in [1.807, 2.05) is 48.0 Å². The SMILES string of the molecule is Cc1ncccc1[C@H](Nc1cc(Cl)c2ncc(C#N)c(N[C@H](C)c3ccccc3)c2c1)c1cn(C2CCN(C(C)(C)C)CC2)nn1. The maximum atomic E-state index is 10.0. The van der Waals surface area contributed by atoms with Crippen LogP contribution in [0.3, 0.4) is 0 Å². The Hall–Kier alpha value is -4.52. The largest absolute Gasteiger partial charge is 0.377 e. The number of aryl methyl sites for hydroxylation is 1. The highest BCUT2D eigenvalue weighted by Gasteiger charge is 2.29. The number of nitrogens with zero attached hydrogens (tertiary/aromatic N) is 7. The van der Waals surface area contributed by atoms with Crippen molar-refractivity contribution < 1.29 is 0 Å². The van der Waals surface area contributed by atoms with Gasteiger partial charge in [0.05, 0.1) is 40.1 Å². The monoisotopic (exact) mass is 633 g/mol. The van der Waals surface area contributed by atoms with Gasteiger partial charge in [-0.2, -0.15) is 5.26 Å². The van der Waals surface area contributed by atoms with E-state index in [1.165, 1.54) is 0 Å². The Balaban J connectivity index is 1.35. The van der Waals surface area contributed by atoms with E-state index < -0.39 is 0 Å². The van der Waals surface area contributed by atoms with Crippen molar-refractivity contribution in [3.05, 3.63) is 106 Å². The van der Waals surface area contributed by atoms with Gasteiger partial charge in [-0.25, -0.2) is 4.68 Å². The molecule has 1 aliphatic heterocycles. The van der Waals surface area contributed by atoms with Gasteiger partial charge in [-0.1, -0.05) is 53.2 Å². The van der Waals surface area contributed by atoms with Crippen LogP contribution in [0.5, 0.6) is 0 Å². The molecule has 4 heterocycles. The Morgan fingerprint density at radius 1 is 1.02 bits per heavy atom. The van der Waals surface area contributed by atoms with Gasteiger partial charge in [0.15, 0.2) is 0 Å². The number of rotatable bonds is 8. The molecule has 10 heteroatoms. The Bertz CT molecular complexity index is 1860. The molecule has 2 atom stereocenters. The second-order valence-corrected chi connectivity index (χ2v) is 13.5. The van der Waals surface area contributed by atoms with Crippen LogP contribution in [-0.4, -0.2) is 48.5 Å². The molecule has 0 amide bonds. The molecule has 6 rings (SSSR count). The van der Waals surface area contributed by atoms with Gasteiger partial charge >= 0.3 is 0 Å². The molecule has 0 saturated carbocycles. The fourth-order valence-electron chi connectivity index (χ4n) is 6.31. The first-order valence-corrected chi connectivity index (χ1v) is 16.2. The molecule has 0 unspecified atom stereocenters. The molecule has 46 heavy (non-hydrogen) atoms. The number of nitrogens with one attached hydrogen (secondary N) is 2. The molecule has 1 fully saturated rings. The number of anilines is 2. The number of aromatic nitrogens is 5. The zero-order chi connectivity index (χ0) is 32.4. The Labute approximate surface area is 275 Å². The lowest BCUT2D eigenvalue weighted by atomic mass is 9.98. The Kier molecular flexibility index (Phi) is 8.94. The van der Waals surface area contributed by atoms with Crippen molar-refractivity contribution in [3.8, 4) is 6.07 Å². The second kappa shape index (κ2) is 13.1. The summed E-state index contributed by atoms with van der Waals surface area (Å²) in [5.74, 6) is 0. The number of benzene rings is 2. The van der Waals surface area contributed by atoms with E-state index in [4.69, 9.17) is 11.6 Å². The van der Waals surface area contributed by atoms with Crippen LogP contribution in [0.25, 0.3) is 10.9 Å². The van der Waals surface area contributed by atoms with Crippen molar-refractivity contribution >= 4 is 33.9 Å². The van der Waals surface area contributed by atoms with E-state index >= 15 is 0 Å². The average Bonchev–Trinajstić information content (AvgIpc) is 3.55. The summed E-state index contributed by atoms with van der Waals surface area (Å²) in [7, 11) is 0. The van der Waals surface area contributed by atoms with E-state index in [2.05, 4.69) is 94.0 Å². The van der Waals surface area contributed by atoms with Gasteiger partial charge in [-0.3, -0.25) is 14.9 Å². The second-order valence-electron chi connectivity index (χ2n) is 13.1. The van der Waals surface area contributed by atoms with E-state index in [1.54, 1.807) is 12.4 Å². The minimum Gasteiger partial charge on any atom is -0.377 e. The molecule has 9 nitrogen and oxygen atoms in total. The smallest absolute Gasteiger partial charge is 0.110 e. The molecule has 2 N–H and O–H groups in total. The first-order chi connectivity index (χ1) is 22.1. The third-order valence-corrected chi connectivity index (χ3v) is 9.27. The van der Waals surface area contributed by atoms with Crippen LogP contribution in [0.1, 0.15) is 86.7 Å². The van der Waals surface area contributed by atoms with Crippen LogP contribution >= 0.6 is 11.6 Å². The zero-order valence-electron chi connectivity index (χ0n) is 27.0.